The van der Waals surface area contributed by atoms with E-state index < -0.39 is 50.3 Å². The maximum atomic E-state index is 13.4. The highest BCUT2D eigenvalue weighted by Crippen LogP contribution is 2.17. The number of carbonyl (C=O) groups is 3. The molecule has 0 aliphatic carbocycles. The molecule has 0 saturated heterocycles. The summed E-state index contributed by atoms with van der Waals surface area (Å²) in [5.74, 6) is -1.11. The van der Waals surface area contributed by atoms with Gasteiger partial charge >= 0.3 is 12.1 Å². The summed E-state index contributed by atoms with van der Waals surface area (Å²) in [6.45, 7) is 10.7. The first-order valence-corrected chi connectivity index (χ1v) is 14.0. The van der Waals surface area contributed by atoms with Crippen LogP contribution in [0.4, 0.5) is 4.79 Å². The summed E-state index contributed by atoms with van der Waals surface area (Å²) in [6.07, 6.45) is -0.204. The van der Waals surface area contributed by atoms with Crippen molar-refractivity contribution in [1.82, 2.24) is 10.2 Å². The van der Waals surface area contributed by atoms with E-state index in [0.717, 1.165) is 5.56 Å². The second-order valence-corrected chi connectivity index (χ2v) is 15.1. The third-order valence-corrected chi connectivity index (χ3v) is 5.51. The predicted octanol–water partition coefficient (Wildman–Crippen LogP) is 2.36. The van der Waals surface area contributed by atoms with Crippen molar-refractivity contribution in [2.45, 2.75) is 64.5 Å². The van der Waals surface area contributed by atoms with E-state index in [0.29, 0.717) is 6.17 Å². The Kier molecular flexibility index (Phi) is 9.70. The van der Waals surface area contributed by atoms with Crippen molar-refractivity contribution >= 4 is 26.0 Å². The number of carbonyl (C=O) groups excluding carboxylic acids is 3. The van der Waals surface area contributed by atoms with Crippen LogP contribution in [0.2, 0.25) is 19.6 Å². The molecule has 0 radical (unpaired) electrons. The van der Waals surface area contributed by atoms with E-state index in [-0.39, 0.29) is 6.42 Å². The molecule has 0 aliphatic heterocycles. The largest absolute Gasteiger partial charge is 0.467 e. The van der Waals surface area contributed by atoms with E-state index in [1.165, 1.54) is 12.0 Å². The van der Waals surface area contributed by atoms with Gasteiger partial charge in [-0.05, 0) is 26.3 Å². The first-order valence-electron chi connectivity index (χ1n) is 10.3. The van der Waals surface area contributed by atoms with Crippen LogP contribution < -0.4 is 5.32 Å². The third-order valence-electron chi connectivity index (χ3n) is 4.22. The van der Waals surface area contributed by atoms with Crippen molar-refractivity contribution in [2.24, 2.45) is 0 Å². The molecule has 0 fully saturated rings. The molecule has 2 atom stereocenters. The van der Waals surface area contributed by atoms with Crippen LogP contribution in [0.5, 0.6) is 0 Å². The molecule has 0 bridgehead atoms. The first kappa shape index (κ1) is 26.6. The molecular weight excluding hydrogens is 416 g/mol. The van der Waals surface area contributed by atoms with Crippen LogP contribution in [0, 0.1) is 0 Å². The zero-order valence-electron chi connectivity index (χ0n) is 19.6. The van der Waals surface area contributed by atoms with E-state index in [2.05, 4.69) is 25.0 Å². The molecule has 2 N–H and O–H groups in total. The van der Waals surface area contributed by atoms with Gasteiger partial charge < -0.3 is 24.8 Å². The second-order valence-electron chi connectivity index (χ2n) is 9.64. The summed E-state index contributed by atoms with van der Waals surface area (Å²) < 4.78 is 10.2. The van der Waals surface area contributed by atoms with E-state index in [9.17, 15) is 19.5 Å². The van der Waals surface area contributed by atoms with Crippen LogP contribution in [0.25, 0.3) is 0 Å². The topological polar surface area (TPSA) is 105 Å². The number of hydrogen-bond acceptors (Lipinski definition) is 6. The van der Waals surface area contributed by atoms with Gasteiger partial charge in [0.05, 0.1) is 21.8 Å². The number of hydrogen-bond donors (Lipinski definition) is 2. The molecule has 8 nitrogen and oxygen atoms in total. The Hall–Kier alpha value is -2.39. The van der Waals surface area contributed by atoms with E-state index in [4.69, 9.17) is 9.47 Å². The van der Waals surface area contributed by atoms with Crippen LogP contribution >= 0.6 is 0 Å². The molecule has 0 unspecified atom stereocenters. The first-order chi connectivity index (χ1) is 14.3. The predicted molar refractivity (Wildman–Crippen MR) is 121 cm³/mol. The minimum atomic E-state index is -1.89. The monoisotopic (exact) mass is 452 g/mol. The molecule has 0 aliphatic rings. The van der Waals surface area contributed by atoms with Gasteiger partial charge in [0.2, 0.25) is 5.91 Å². The molecule has 174 valence electrons. The van der Waals surface area contributed by atoms with Gasteiger partial charge in [-0.25, -0.2) is 9.59 Å². The molecule has 1 aromatic rings. The van der Waals surface area contributed by atoms with Crippen LogP contribution in [-0.4, -0.2) is 73.6 Å². The van der Waals surface area contributed by atoms with Crippen molar-refractivity contribution in [3.8, 4) is 0 Å². The SMILES string of the molecule is COC(=O)[C@H](Cc1ccccc1)N(C[Si](C)(C)C)C(=O)[C@H](CO)NC(=O)OC(C)(C)C. The highest BCUT2D eigenvalue weighted by atomic mass is 28.3. The van der Waals surface area contributed by atoms with Gasteiger partial charge in [-0.1, -0.05) is 50.0 Å². The maximum absolute atomic E-state index is 13.4. The van der Waals surface area contributed by atoms with Crippen LogP contribution in [0.1, 0.15) is 26.3 Å². The molecular formula is C22H36N2O6Si. The Labute approximate surface area is 185 Å². The molecule has 9 heteroatoms. The summed E-state index contributed by atoms with van der Waals surface area (Å²) in [4.78, 5) is 39.7. The van der Waals surface area contributed by atoms with Crippen LogP contribution in [0.15, 0.2) is 30.3 Å². The van der Waals surface area contributed by atoms with Gasteiger partial charge in [0, 0.05) is 12.6 Å². The number of alkyl carbamates (subject to hydrolysis) is 1. The fourth-order valence-electron chi connectivity index (χ4n) is 2.98. The lowest BCUT2D eigenvalue weighted by atomic mass is 10.0. The molecule has 1 rings (SSSR count). The number of aliphatic hydroxyl groups excluding tert-OH is 1. The smallest absolute Gasteiger partial charge is 0.408 e. The zero-order chi connectivity index (χ0) is 23.8. The lowest BCUT2D eigenvalue weighted by Crippen LogP contribution is -2.59. The van der Waals surface area contributed by atoms with Gasteiger partial charge in [0.15, 0.2) is 0 Å². The number of nitrogens with one attached hydrogen (secondary N) is 1. The average molecular weight is 453 g/mol. The number of benzene rings is 1. The van der Waals surface area contributed by atoms with E-state index >= 15 is 0 Å². The average Bonchev–Trinajstić information content (AvgIpc) is 2.66. The molecule has 31 heavy (non-hydrogen) atoms. The second kappa shape index (κ2) is 11.3. The quantitative estimate of drug-likeness (QED) is 0.440. The highest BCUT2D eigenvalue weighted by Gasteiger charge is 2.38. The molecule has 0 spiro atoms. The van der Waals surface area contributed by atoms with Crippen molar-refractivity contribution < 1.29 is 29.0 Å². The Bertz CT molecular complexity index is 743. The van der Waals surface area contributed by atoms with Crippen molar-refractivity contribution in [3.63, 3.8) is 0 Å². The van der Waals surface area contributed by atoms with E-state index in [1.54, 1.807) is 20.8 Å². The fourth-order valence-corrected chi connectivity index (χ4v) is 4.38. The van der Waals surface area contributed by atoms with Gasteiger partial charge in [0.25, 0.3) is 0 Å². The van der Waals surface area contributed by atoms with Gasteiger partial charge in [-0.2, -0.15) is 0 Å². The molecule has 0 aromatic heterocycles. The number of amides is 2. The molecule has 1 aromatic carbocycles. The number of methoxy groups -OCH3 is 1. The van der Waals surface area contributed by atoms with Crippen LogP contribution in [0.3, 0.4) is 0 Å². The van der Waals surface area contributed by atoms with Gasteiger partial charge in [-0.3, -0.25) is 4.79 Å². The van der Waals surface area contributed by atoms with Crippen molar-refractivity contribution in [3.05, 3.63) is 35.9 Å². The summed E-state index contributed by atoms with van der Waals surface area (Å²) in [6, 6.07) is 7.19. The van der Waals surface area contributed by atoms with Crippen LogP contribution in [-0.2, 0) is 25.5 Å². The van der Waals surface area contributed by atoms with Gasteiger partial charge in [0.1, 0.15) is 17.7 Å². The lowest BCUT2D eigenvalue weighted by molar-refractivity contribution is -0.153. The van der Waals surface area contributed by atoms with E-state index in [1.807, 2.05) is 30.3 Å². The normalized spacial score (nSPS) is 13.7. The van der Waals surface area contributed by atoms with Gasteiger partial charge in [-0.15, -0.1) is 0 Å². The van der Waals surface area contributed by atoms with Crippen molar-refractivity contribution in [2.75, 3.05) is 19.9 Å². The molecule has 2 amide bonds. The summed E-state index contributed by atoms with van der Waals surface area (Å²) in [5.41, 5.74) is 0.111. The summed E-state index contributed by atoms with van der Waals surface area (Å²) in [5, 5.41) is 12.3. The molecule has 0 heterocycles. The standard InChI is InChI=1S/C22H36N2O6Si/c1-22(2,3)30-21(28)23-17(14-25)19(26)24(15-31(5,6)7)18(20(27)29-4)13-16-11-9-8-10-12-16/h8-12,17-18,25H,13-15H2,1-7H3,(H,23,28)/t17-,18-/m0/s1. The lowest BCUT2D eigenvalue weighted by Gasteiger charge is -2.36. The van der Waals surface area contributed by atoms with Crippen molar-refractivity contribution in [1.29, 1.82) is 0 Å². The fraction of sp³-hybridized carbons (Fsp3) is 0.591. The zero-order valence-corrected chi connectivity index (χ0v) is 20.6. The minimum Gasteiger partial charge on any atom is -0.467 e. The highest BCUT2D eigenvalue weighted by molar-refractivity contribution is 6.76. The summed E-state index contributed by atoms with van der Waals surface area (Å²) >= 11 is 0. The minimum absolute atomic E-state index is 0.258. The Balaban J connectivity index is 3.24. The summed E-state index contributed by atoms with van der Waals surface area (Å²) in [7, 11) is -0.609. The Morgan fingerprint density at radius 1 is 1.13 bits per heavy atom. The number of rotatable bonds is 9. The number of aliphatic hydroxyl groups is 1. The third kappa shape index (κ3) is 9.52. The number of nitrogens with zero attached hydrogens (tertiary/aromatic N) is 1. The maximum Gasteiger partial charge on any atom is 0.408 e. The molecule has 0 saturated carbocycles. The Morgan fingerprint density at radius 3 is 2.16 bits per heavy atom. The number of esters is 1. The Morgan fingerprint density at radius 2 is 1.71 bits per heavy atom. The number of ether oxygens (including phenoxy) is 2.